The van der Waals surface area contributed by atoms with Gasteiger partial charge in [-0.25, -0.2) is 4.79 Å². The number of hydrogen-bond acceptors (Lipinski definition) is 2. The Morgan fingerprint density at radius 3 is 2.22 bits per heavy atom. The molecule has 0 bridgehead atoms. The van der Waals surface area contributed by atoms with Gasteiger partial charge < -0.3 is 4.74 Å². The summed E-state index contributed by atoms with van der Waals surface area (Å²) in [6, 6.07) is 11.7. The molecule has 2 aromatic carbocycles. The highest BCUT2D eigenvalue weighted by Crippen LogP contribution is 2.47. The average Bonchev–Trinajstić information content (AvgIpc) is 2.79. The number of hydrogen-bond donors (Lipinski definition) is 0. The third-order valence-corrected chi connectivity index (χ3v) is 7.13. The van der Waals surface area contributed by atoms with Gasteiger partial charge in [0.2, 0.25) is 0 Å². The fourth-order valence-corrected chi connectivity index (χ4v) is 5.44. The SMILES string of the molecule is C/C=C/C1CCC2CC(c3ccc(C(=O)Oc4ccc(C(F)(F)F)cc4)cc3)CCC2C1. The molecular formula is C27H29F3O2. The van der Waals surface area contributed by atoms with Crippen LogP contribution in [0.2, 0.25) is 0 Å². The number of rotatable bonds is 4. The van der Waals surface area contributed by atoms with Crippen LogP contribution in [0.25, 0.3) is 0 Å². The number of esters is 1. The van der Waals surface area contributed by atoms with Crippen molar-refractivity contribution in [2.24, 2.45) is 17.8 Å². The number of fused-ring (bicyclic) bond motifs is 1. The molecule has 4 atom stereocenters. The van der Waals surface area contributed by atoms with E-state index < -0.39 is 17.7 Å². The van der Waals surface area contributed by atoms with E-state index in [-0.39, 0.29) is 5.75 Å². The third kappa shape index (κ3) is 5.25. The molecular weight excluding hydrogens is 413 g/mol. The first kappa shape index (κ1) is 22.6. The van der Waals surface area contributed by atoms with Gasteiger partial charge in [-0.1, -0.05) is 24.3 Å². The second-order valence-electron chi connectivity index (χ2n) is 9.16. The third-order valence-electron chi connectivity index (χ3n) is 7.13. The summed E-state index contributed by atoms with van der Waals surface area (Å²) in [7, 11) is 0. The van der Waals surface area contributed by atoms with Crippen LogP contribution in [-0.4, -0.2) is 5.97 Å². The van der Waals surface area contributed by atoms with Gasteiger partial charge in [-0.2, -0.15) is 13.2 Å². The Morgan fingerprint density at radius 1 is 0.906 bits per heavy atom. The van der Waals surface area contributed by atoms with Crippen LogP contribution in [0, 0.1) is 17.8 Å². The van der Waals surface area contributed by atoms with E-state index in [2.05, 4.69) is 19.1 Å². The van der Waals surface area contributed by atoms with Gasteiger partial charge in [-0.05, 0) is 111 Å². The van der Waals surface area contributed by atoms with E-state index in [0.717, 1.165) is 29.9 Å². The summed E-state index contributed by atoms with van der Waals surface area (Å²) in [5.41, 5.74) is 0.881. The molecule has 0 saturated heterocycles. The topological polar surface area (TPSA) is 26.3 Å². The molecule has 2 aromatic rings. The van der Waals surface area contributed by atoms with Crippen LogP contribution in [0.1, 0.15) is 72.9 Å². The average molecular weight is 443 g/mol. The van der Waals surface area contributed by atoms with Crippen molar-refractivity contribution >= 4 is 5.97 Å². The highest BCUT2D eigenvalue weighted by molar-refractivity contribution is 5.91. The minimum atomic E-state index is -4.41. The van der Waals surface area contributed by atoms with Crippen molar-refractivity contribution in [2.45, 2.75) is 57.5 Å². The smallest absolute Gasteiger partial charge is 0.416 e. The van der Waals surface area contributed by atoms with E-state index in [1.54, 1.807) is 12.1 Å². The standard InChI is InChI=1S/C27H29F3O2/c1-2-3-18-4-5-23-17-22(11-10-21(23)16-18)19-6-8-20(9-7-19)26(31)32-25-14-12-24(13-15-25)27(28,29)30/h2-3,6-9,12-15,18,21-23H,4-5,10-11,16-17H2,1H3/b3-2+. The van der Waals surface area contributed by atoms with Crippen LogP contribution in [0.5, 0.6) is 5.75 Å². The number of benzene rings is 2. The number of alkyl halides is 3. The molecule has 2 aliphatic rings. The van der Waals surface area contributed by atoms with E-state index in [4.69, 9.17) is 4.74 Å². The van der Waals surface area contributed by atoms with Gasteiger partial charge >= 0.3 is 12.1 Å². The largest absolute Gasteiger partial charge is 0.423 e. The monoisotopic (exact) mass is 442 g/mol. The normalized spacial score (nSPS) is 26.0. The molecule has 0 amide bonds. The maximum atomic E-state index is 12.7. The van der Waals surface area contributed by atoms with Crippen molar-refractivity contribution in [3.8, 4) is 5.75 Å². The molecule has 0 aliphatic heterocycles. The first-order valence-electron chi connectivity index (χ1n) is 11.5. The molecule has 32 heavy (non-hydrogen) atoms. The minimum absolute atomic E-state index is 0.0962. The van der Waals surface area contributed by atoms with Crippen LogP contribution >= 0.6 is 0 Å². The zero-order chi connectivity index (χ0) is 22.7. The highest BCUT2D eigenvalue weighted by Gasteiger charge is 2.35. The summed E-state index contributed by atoms with van der Waals surface area (Å²) in [4.78, 5) is 12.4. The minimum Gasteiger partial charge on any atom is -0.423 e. The maximum Gasteiger partial charge on any atom is 0.416 e. The van der Waals surface area contributed by atoms with Crippen molar-refractivity contribution in [1.29, 1.82) is 0 Å². The lowest BCUT2D eigenvalue weighted by atomic mass is 9.64. The molecule has 0 radical (unpaired) electrons. The first-order chi connectivity index (χ1) is 15.3. The molecule has 4 rings (SSSR count). The van der Waals surface area contributed by atoms with Crippen LogP contribution in [0.3, 0.4) is 0 Å². The van der Waals surface area contributed by atoms with Crippen LogP contribution in [0.15, 0.2) is 60.7 Å². The summed E-state index contributed by atoms with van der Waals surface area (Å²) >= 11 is 0. The quantitative estimate of drug-likeness (QED) is 0.274. The zero-order valence-electron chi connectivity index (χ0n) is 18.3. The Labute approximate surface area is 187 Å². The maximum absolute atomic E-state index is 12.7. The predicted molar refractivity (Wildman–Crippen MR) is 119 cm³/mol. The molecule has 5 heteroatoms. The highest BCUT2D eigenvalue weighted by atomic mass is 19.4. The Bertz CT molecular complexity index is 944. The summed E-state index contributed by atoms with van der Waals surface area (Å²) in [6.45, 7) is 2.10. The lowest BCUT2D eigenvalue weighted by molar-refractivity contribution is -0.137. The molecule has 2 fully saturated rings. The number of allylic oxidation sites excluding steroid dienone is 2. The van der Waals surface area contributed by atoms with Crippen molar-refractivity contribution in [3.63, 3.8) is 0 Å². The van der Waals surface area contributed by atoms with Gasteiger partial charge in [-0.15, -0.1) is 0 Å². The molecule has 4 unspecified atom stereocenters. The zero-order valence-corrected chi connectivity index (χ0v) is 18.3. The fraction of sp³-hybridized carbons (Fsp3) is 0.444. The summed E-state index contributed by atoms with van der Waals surface area (Å²) < 4.78 is 43.2. The number of carbonyl (C=O) groups excluding carboxylic acids is 1. The van der Waals surface area contributed by atoms with Gasteiger partial charge in [-0.3, -0.25) is 0 Å². The molecule has 170 valence electrons. The molecule has 0 heterocycles. The van der Waals surface area contributed by atoms with Gasteiger partial charge in [0.1, 0.15) is 5.75 Å². The predicted octanol–water partition coefficient (Wildman–Crippen LogP) is 7.80. The van der Waals surface area contributed by atoms with Gasteiger partial charge in [0.15, 0.2) is 0 Å². The van der Waals surface area contributed by atoms with Gasteiger partial charge in [0.05, 0.1) is 11.1 Å². The fourth-order valence-electron chi connectivity index (χ4n) is 5.44. The Hall–Kier alpha value is -2.56. The second-order valence-corrected chi connectivity index (χ2v) is 9.16. The van der Waals surface area contributed by atoms with Crippen LogP contribution in [0.4, 0.5) is 13.2 Å². The van der Waals surface area contributed by atoms with E-state index in [0.29, 0.717) is 11.5 Å². The molecule has 0 aromatic heterocycles. The summed E-state index contributed by atoms with van der Waals surface area (Å²) in [5, 5.41) is 0. The summed E-state index contributed by atoms with van der Waals surface area (Å²) in [6.07, 6.45) is 7.69. The van der Waals surface area contributed by atoms with Gasteiger partial charge in [0, 0.05) is 0 Å². The van der Waals surface area contributed by atoms with E-state index in [1.807, 2.05) is 12.1 Å². The molecule has 2 nitrogen and oxygen atoms in total. The van der Waals surface area contributed by atoms with Crippen molar-refractivity contribution in [3.05, 3.63) is 77.4 Å². The van der Waals surface area contributed by atoms with Crippen molar-refractivity contribution in [1.82, 2.24) is 0 Å². The van der Waals surface area contributed by atoms with Crippen LogP contribution in [-0.2, 0) is 6.18 Å². The Balaban J connectivity index is 1.35. The van der Waals surface area contributed by atoms with E-state index in [9.17, 15) is 18.0 Å². The van der Waals surface area contributed by atoms with Crippen molar-refractivity contribution < 1.29 is 22.7 Å². The van der Waals surface area contributed by atoms with E-state index in [1.165, 1.54) is 56.2 Å². The Morgan fingerprint density at radius 2 is 1.56 bits per heavy atom. The summed E-state index contributed by atoms with van der Waals surface area (Å²) in [5.74, 6) is 2.42. The molecule has 0 N–H and O–H groups in total. The molecule has 0 spiro atoms. The van der Waals surface area contributed by atoms with E-state index >= 15 is 0 Å². The number of halogens is 3. The lowest BCUT2D eigenvalue weighted by Crippen LogP contribution is -2.30. The lowest BCUT2D eigenvalue weighted by Gasteiger charge is -2.41. The van der Waals surface area contributed by atoms with Crippen molar-refractivity contribution in [2.75, 3.05) is 0 Å². The molecule has 2 aliphatic carbocycles. The first-order valence-corrected chi connectivity index (χ1v) is 11.5. The second kappa shape index (κ2) is 9.51. The number of carbonyl (C=O) groups is 1. The number of ether oxygens (including phenoxy) is 1. The molecule has 2 saturated carbocycles. The van der Waals surface area contributed by atoms with Gasteiger partial charge in [0.25, 0.3) is 0 Å². The Kier molecular flexibility index (Phi) is 6.73. The van der Waals surface area contributed by atoms with Crippen LogP contribution < -0.4 is 4.74 Å².